The number of carbonyl (C=O) groups is 1. The molecule has 1 N–H and O–H groups in total. The van der Waals surface area contributed by atoms with Gasteiger partial charge in [0, 0.05) is 18.7 Å². The fraction of sp³-hybridized carbons (Fsp3) is 0.467. The molecule has 1 heterocycles. The van der Waals surface area contributed by atoms with E-state index in [1.807, 2.05) is 30.1 Å². The Kier molecular flexibility index (Phi) is 2.62. The molecule has 100 valence electrons. The molecule has 0 aliphatic heterocycles. The number of aromatic amines is 1. The first-order valence-electron chi connectivity index (χ1n) is 6.71. The number of benzene rings is 1. The van der Waals surface area contributed by atoms with Crippen LogP contribution in [0.25, 0.3) is 11.0 Å². The van der Waals surface area contributed by atoms with Crippen LogP contribution in [0.3, 0.4) is 0 Å². The summed E-state index contributed by atoms with van der Waals surface area (Å²) in [5.74, 6) is 0.0807. The van der Waals surface area contributed by atoms with E-state index < -0.39 is 0 Å². The molecule has 1 unspecified atom stereocenters. The maximum absolute atomic E-state index is 12.5. The minimum atomic E-state index is 0.0807. The fourth-order valence-electron chi connectivity index (χ4n) is 2.53. The monoisotopic (exact) mass is 257 g/mol. The molecule has 4 heteroatoms. The number of hydrogen-bond donors (Lipinski definition) is 1. The van der Waals surface area contributed by atoms with E-state index in [1.165, 1.54) is 12.8 Å². The molecule has 1 atom stereocenters. The van der Waals surface area contributed by atoms with Gasteiger partial charge in [-0.1, -0.05) is 6.92 Å². The number of nitrogens with one attached hydrogen (secondary N) is 1. The number of imidazole rings is 1. The minimum absolute atomic E-state index is 0.0807. The maximum Gasteiger partial charge on any atom is 0.253 e. The summed E-state index contributed by atoms with van der Waals surface area (Å²) in [6.45, 7) is 4.39. The van der Waals surface area contributed by atoms with Crippen LogP contribution in [0.2, 0.25) is 0 Å². The Morgan fingerprint density at radius 1 is 1.47 bits per heavy atom. The molecule has 19 heavy (non-hydrogen) atoms. The Morgan fingerprint density at radius 2 is 2.21 bits per heavy atom. The van der Waals surface area contributed by atoms with Gasteiger partial charge in [0.2, 0.25) is 0 Å². The van der Waals surface area contributed by atoms with Crippen LogP contribution >= 0.6 is 0 Å². The molecule has 1 aromatic heterocycles. The van der Waals surface area contributed by atoms with Gasteiger partial charge in [-0.15, -0.1) is 0 Å². The summed E-state index contributed by atoms with van der Waals surface area (Å²) in [6, 6.07) is 5.89. The summed E-state index contributed by atoms with van der Waals surface area (Å²) in [4.78, 5) is 21.6. The second-order valence-corrected chi connectivity index (χ2v) is 5.88. The van der Waals surface area contributed by atoms with Crippen LogP contribution < -0.4 is 0 Å². The minimum Gasteiger partial charge on any atom is -0.345 e. The average molecular weight is 257 g/mol. The summed E-state index contributed by atoms with van der Waals surface area (Å²) in [5.41, 5.74) is 2.82. The van der Waals surface area contributed by atoms with Crippen molar-refractivity contribution in [2.45, 2.75) is 32.7 Å². The van der Waals surface area contributed by atoms with Crippen molar-refractivity contribution < 1.29 is 4.79 Å². The molecule has 1 aliphatic rings. The van der Waals surface area contributed by atoms with Crippen molar-refractivity contribution >= 4 is 16.9 Å². The Morgan fingerprint density at radius 3 is 2.89 bits per heavy atom. The van der Waals surface area contributed by atoms with Gasteiger partial charge in [0.25, 0.3) is 5.91 Å². The van der Waals surface area contributed by atoms with E-state index in [-0.39, 0.29) is 11.9 Å². The molecule has 0 bridgehead atoms. The molecule has 0 radical (unpaired) electrons. The molecule has 4 nitrogen and oxygen atoms in total. The van der Waals surface area contributed by atoms with E-state index >= 15 is 0 Å². The molecule has 1 aliphatic carbocycles. The summed E-state index contributed by atoms with van der Waals surface area (Å²) in [5, 5.41) is 0. The van der Waals surface area contributed by atoms with Gasteiger partial charge < -0.3 is 9.88 Å². The van der Waals surface area contributed by atoms with E-state index in [0.29, 0.717) is 5.41 Å². The van der Waals surface area contributed by atoms with Crippen molar-refractivity contribution in [1.29, 1.82) is 0 Å². The highest BCUT2D eigenvalue weighted by Crippen LogP contribution is 2.49. The molecule has 0 saturated heterocycles. The van der Waals surface area contributed by atoms with Crippen molar-refractivity contribution in [2.75, 3.05) is 7.05 Å². The average Bonchev–Trinajstić information content (AvgIpc) is 3.00. The highest BCUT2D eigenvalue weighted by Gasteiger charge is 2.45. The number of nitrogens with zero attached hydrogens (tertiary/aromatic N) is 2. The predicted octanol–water partition coefficient (Wildman–Crippen LogP) is 2.82. The first kappa shape index (κ1) is 12.2. The zero-order valence-electron chi connectivity index (χ0n) is 11.6. The first-order valence-corrected chi connectivity index (χ1v) is 6.71. The normalized spacial score (nSPS) is 18.3. The van der Waals surface area contributed by atoms with Crippen molar-refractivity contribution in [1.82, 2.24) is 14.9 Å². The van der Waals surface area contributed by atoms with Gasteiger partial charge in [-0.05, 0) is 43.4 Å². The summed E-state index contributed by atoms with van der Waals surface area (Å²) < 4.78 is 0. The van der Waals surface area contributed by atoms with Crippen LogP contribution in [0.1, 0.15) is 37.0 Å². The molecular weight excluding hydrogens is 238 g/mol. The Labute approximate surface area is 112 Å². The molecular formula is C15H19N3O. The zero-order chi connectivity index (χ0) is 13.6. The number of amides is 1. The van der Waals surface area contributed by atoms with E-state index in [9.17, 15) is 4.79 Å². The Balaban J connectivity index is 1.86. The zero-order valence-corrected chi connectivity index (χ0v) is 11.6. The molecule has 1 saturated carbocycles. The van der Waals surface area contributed by atoms with Gasteiger partial charge in [0.15, 0.2) is 0 Å². The molecule has 3 rings (SSSR count). The van der Waals surface area contributed by atoms with E-state index in [1.54, 1.807) is 6.33 Å². The lowest BCUT2D eigenvalue weighted by molar-refractivity contribution is 0.0685. The third-order valence-corrected chi connectivity index (χ3v) is 4.62. The van der Waals surface area contributed by atoms with E-state index in [0.717, 1.165) is 16.6 Å². The van der Waals surface area contributed by atoms with Gasteiger partial charge >= 0.3 is 0 Å². The molecule has 1 amide bonds. The lowest BCUT2D eigenvalue weighted by Gasteiger charge is -2.30. The SMILES string of the molecule is CC(N(C)C(=O)c1ccc2nc[nH]c2c1)C1(C)CC1. The van der Waals surface area contributed by atoms with Gasteiger partial charge in [-0.2, -0.15) is 0 Å². The van der Waals surface area contributed by atoms with Crippen molar-refractivity contribution in [3.05, 3.63) is 30.1 Å². The van der Waals surface area contributed by atoms with Gasteiger partial charge in [0.05, 0.1) is 17.4 Å². The number of fused-ring (bicyclic) bond motifs is 1. The van der Waals surface area contributed by atoms with Crippen LogP contribution in [0.4, 0.5) is 0 Å². The number of hydrogen-bond acceptors (Lipinski definition) is 2. The molecule has 0 spiro atoms. The fourth-order valence-corrected chi connectivity index (χ4v) is 2.53. The van der Waals surface area contributed by atoms with Crippen molar-refractivity contribution in [3.63, 3.8) is 0 Å². The molecule has 1 aromatic carbocycles. The Bertz CT molecular complexity index is 627. The smallest absolute Gasteiger partial charge is 0.253 e. The highest BCUT2D eigenvalue weighted by atomic mass is 16.2. The van der Waals surface area contributed by atoms with E-state index in [4.69, 9.17) is 0 Å². The van der Waals surface area contributed by atoms with Crippen molar-refractivity contribution in [3.8, 4) is 0 Å². The Hall–Kier alpha value is -1.84. The quantitative estimate of drug-likeness (QED) is 0.919. The van der Waals surface area contributed by atoms with Crippen LogP contribution in [0.15, 0.2) is 24.5 Å². The van der Waals surface area contributed by atoms with Crippen molar-refractivity contribution in [2.24, 2.45) is 5.41 Å². The topological polar surface area (TPSA) is 49.0 Å². The number of H-pyrrole nitrogens is 1. The molecule has 1 fully saturated rings. The van der Waals surface area contributed by atoms with Gasteiger partial charge in [-0.3, -0.25) is 4.79 Å². The lowest BCUT2D eigenvalue weighted by atomic mass is 9.99. The van der Waals surface area contributed by atoms with Crippen LogP contribution in [0.5, 0.6) is 0 Å². The van der Waals surface area contributed by atoms with Crippen LogP contribution in [-0.2, 0) is 0 Å². The third kappa shape index (κ3) is 2.01. The summed E-state index contributed by atoms with van der Waals surface area (Å²) in [7, 11) is 1.90. The number of carbonyl (C=O) groups excluding carboxylic acids is 1. The summed E-state index contributed by atoms with van der Waals surface area (Å²) >= 11 is 0. The third-order valence-electron chi connectivity index (χ3n) is 4.62. The van der Waals surface area contributed by atoms with E-state index in [2.05, 4.69) is 23.8 Å². The largest absolute Gasteiger partial charge is 0.345 e. The highest BCUT2D eigenvalue weighted by molar-refractivity contribution is 5.97. The number of rotatable bonds is 3. The molecule has 2 aromatic rings. The first-order chi connectivity index (χ1) is 9.01. The predicted molar refractivity (Wildman–Crippen MR) is 75.0 cm³/mol. The van der Waals surface area contributed by atoms with Gasteiger partial charge in [-0.25, -0.2) is 4.98 Å². The summed E-state index contributed by atoms with van der Waals surface area (Å²) in [6.07, 6.45) is 4.08. The second kappa shape index (κ2) is 4.08. The second-order valence-electron chi connectivity index (χ2n) is 5.88. The number of aromatic nitrogens is 2. The maximum atomic E-state index is 12.5. The van der Waals surface area contributed by atoms with Crippen LogP contribution in [-0.4, -0.2) is 33.9 Å². The van der Waals surface area contributed by atoms with Gasteiger partial charge in [0.1, 0.15) is 0 Å². The standard InChI is InChI=1S/C15H19N3O/c1-10(15(2)6-7-15)18(3)14(19)11-4-5-12-13(8-11)17-9-16-12/h4-5,8-10H,6-7H2,1-3H3,(H,16,17). The lowest BCUT2D eigenvalue weighted by Crippen LogP contribution is -2.40. The van der Waals surface area contributed by atoms with Crippen LogP contribution in [0, 0.1) is 5.41 Å².